The predicted molar refractivity (Wildman–Crippen MR) is 120 cm³/mol. The molecule has 2 amide bonds. The van der Waals surface area contributed by atoms with Crippen LogP contribution in [0, 0.1) is 6.92 Å². The van der Waals surface area contributed by atoms with Crippen LogP contribution >= 0.6 is 11.3 Å². The predicted octanol–water partition coefficient (Wildman–Crippen LogP) is 4.53. The van der Waals surface area contributed by atoms with E-state index in [0.29, 0.717) is 11.4 Å². The van der Waals surface area contributed by atoms with Crippen LogP contribution in [0.3, 0.4) is 0 Å². The number of halogens is 3. The number of likely N-dealkylation sites (N-methyl/N-ethyl adjacent to an activating group) is 1. The van der Waals surface area contributed by atoms with Gasteiger partial charge in [-0.3, -0.25) is 14.5 Å². The van der Waals surface area contributed by atoms with Crippen molar-refractivity contribution in [1.29, 1.82) is 0 Å². The van der Waals surface area contributed by atoms with Crippen molar-refractivity contribution in [3.63, 3.8) is 0 Å². The maximum absolute atomic E-state index is 12.4. The first-order valence-corrected chi connectivity index (χ1v) is 10.6. The largest absolute Gasteiger partial charge is 0.573 e. The molecule has 3 rings (SSSR count). The lowest BCUT2D eigenvalue weighted by molar-refractivity contribution is -0.274. The summed E-state index contributed by atoms with van der Waals surface area (Å²) in [6.07, 6.45) is -4.78. The molecule has 174 valence electrons. The number of alkyl halides is 3. The van der Waals surface area contributed by atoms with Crippen molar-refractivity contribution in [1.82, 2.24) is 9.88 Å². The highest BCUT2D eigenvalue weighted by Crippen LogP contribution is 2.25. The number of aryl methyl sites for hydroxylation is 1. The maximum Gasteiger partial charge on any atom is 0.573 e. The standard InChI is InChI=1S/C22H21F3N4O3S/c1-14-26-19(13-33-14)15-4-3-5-17(10-15)28-21(31)12-29(2)11-20(30)27-16-6-8-18(9-7-16)32-22(23,24)25/h3-10,13H,11-12H2,1-2H3,(H,27,30)(H,28,31). The van der Waals surface area contributed by atoms with Crippen molar-refractivity contribution in [3.05, 3.63) is 58.9 Å². The molecule has 0 aliphatic rings. The lowest BCUT2D eigenvalue weighted by Crippen LogP contribution is -2.36. The number of nitrogens with zero attached hydrogens (tertiary/aromatic N) is 2. The van der Waals surface area contributed by atoms with Crippen LogP contribution in [-0.2, 0) is 9.59 Å². The van der Waals surface area contributed by atoms with E-state index in [-0.39, 0.29) is 24.7 Å². The first-order chi connectivity index (χ1) is 15.6. The minimum absolute atomic E-state index is 0.0359. The molecule has 0 atom stereocenters. The second-order valence-electron chi connectivity index (χ2n) is 7.17. The summed E-state index contributed by atoms with van der Waals surface area (Å²) in [7, 11) is 1.61. The molecule has 0 saturated heterocycles. The highest BCUT2D eigenvalue weighted by molar-refractivity contribution is 7.09. The summed E-state index contributed by atoms with van der Waals surface area (Å²) in [4.78, 5) is 30.5. The molecule has 0 fully saturated rings. The summed E-state index contributed by atoms with van der Waals surface area (Å²) in [5.74, 6) is -1.11. The molecule has 0 unspecified atom stereocenters. The van der Waals surface area contributed by atoms with Gasteiger partial charge >= 0.3 is 6.36 Å². The number of anilines is 2. The molecule has 7 nitrogen and oxygen atoms in total. The zero-order valence-corrected chi connectivity index (χ0v) is 18.6. The van der Waals surface area contributed by atoms with Gasteiger partial charge in [0.1, 0.15) is 5.75 Å². The van der Waals surface area contributed by atoms with Gasteiger partial charge in [0.25, 0.3) is 0 Å². The number of amides is 2. The molecule has 1 aromatic heterocycles. The van der Waals surface area contributed by atoms with E-state index in [9.17, 15) is 22.8 Å². The Labute approximate surface area is 192 Å². The van der Waals surface area contributed by atoms with Crippen molar-refractivity contribution < 1.29 is 27.5 Å². The van der Waals surface area contributed by atoms with Gasteiger partial charge in [-0.05, 0) is 50.4 Å². The SMILES string of the molecule is Cc1nc(-c2cccc(NC(=O)CN(C)CC(=O)Nc3ccc(OC(F)(F)F)cc3)c2)cs1. The van der Waals surface area contributed by atoms with Crippen molar-refractivity contribution >= 4 is 34.5 Å². The van der Waals surface area contributed by atoms with Crippen LogP contribution in [0.4, 0.5) is 24.5 Å². The third-order valence-electron chi connectivity index (χ3n) is 4.26. The van der Waals surface area contributed by atoms with Gasteiger partial charge in [0.05, 0.1) is 23.8 Å². The molecule has 2 N–H and O–H groups in total. The average Bonchev–Trinajstić information content (AvgIpc) is 3.14. The Hall–Kier alpha value is -3.44. The van der Waals surface area contributed by atoms with Crippen LogP contribution in [0.25, 0.3) is 11.3 Å². The van der Waals surface area contributed by atoms with Crippen LogP contribution in [-0.4, -0.2) is 48.2 Å². The highest BCUT2D eigenvalue weighted by atomic mass is 32.1. The Morgan fingerprint density at radius 3 is 2.24 bits per heavy atom. The maximum atomic E-state index is 12.4. The average molecular weight is 478 g/mol. The van der Waals surface area contributed by atoms with Gasteiger partial charge in [-0.25, -0.2) is 4.98 Å². The minimum atomic E-state index is -4.78. The van der Waals surface area contributed by atoms with Gasteiger partial charge < -0.3 is 15.4 Å². The Balaban J connectivity index is 1.47. The number of carbonyl (C=O) groups is 2. The Bertz CT molecular complexity index is 1120. The van der Waals surface area contributed by atoms with Gasteiger partial charge in [0.15, 0.2) is 0 Å². The number of carbonyl (C=O) groups excluding carboxylic acids is 2. The lowest BCUT2D eigenvalue weighted by atomic mass is 10.1. The molecule has 0 saturated carbocycles. The van der Waals surface area contributed by atoms with Crippen LogP contribution in [0.5, 0.6) is 5.75 Å². The summed E-state index contributed by atoms with van der Waals surface area (Å²) >= 11 is 1.54. The van der Waals surface area contributed by atoms with E-state index < -0.39 is 12.3 Å². The van der Waals surface area contributed by atoms with Crippen LogP contribution in [0.2, 0.25) is 0 Å². The number of benzene rings is 2. The van der Waals surface area contributed by atoms with E-state index in [4.69, 9.17) is 0 Å². The molecule has 0 aliphatic carbocycles. The van der Waals surface area contributed by atoms with Gasteiger partial charge in [0.2, 0.25) is 11.8 Å². The van der Waals surface area contributed by atoms with E-state index in [1.807, 2.05) is 30.5 Å². The van der Waals surface area contributed by atoms with Crippen molar-refractivity contribution in [2.45, 2.75) is 13.3 Å². The van der Waals surface area contributed by atoms with E-state index in [1.165, 1.54) is 17.0 Å². The normalized spacial score (nSPS) is 11.3. The van der Waals surface area contributed by atoms with Crippen molar-refractivity contribution in [2.75, 3.05) is 30.8 Å². The molecule has 33 heavy (non-hydrogen) atoms. The molecule has 3 aromatic rings. The van der Waals surface area contributed by atoms with Crippen molar-refractivity contribution in [2.24, 2.45) is 0 Å². The van der Waals surface area contributed by atoms with E-state index >= 15 is 0 Å². The fourth-order valence-corrected chi connectivity index (χ4v) is 3.56. The number of hydrogen-bond donors (Lipinski definition) is 2. The van der Waals surface area contributed by atoms with Gasteiger partial charge in [-0.15, -0.1) is 24.5 Å². The lowest BCUT2D eigenvalue weighted by Gasteiger charge is -2.16. The smallest absolute Gasteiger partial charge is 0.406 e. The summed E-state index contributed by atoms with van der Waals surface area (Å²) in [6, 6.07) is 12.1. The Morgan fingerprint density at radius 2 is 1.67 bits per heavy atom. The minimum Gasteiger partial charge on any atom is -0.406 e. The number of thiazole rings is 1. The Kier molecular flexibility index (Phi) is 7.67. The molecule has 11 heteroatoms. The summed E-state index contributed by atoms with van der Waals surface area (Å²) in [5.41, 5.74) is 2.64. The number of ether oxygens (including phenoxy) is 1. The number of nitrogens with one attached hydrogen (secondary N) is 2. The number of aromatic nitrogens is 1. The molecular formula is C22H21F3N4O3S. The van der Waals surface area contributed by atoms with Crippen LogP contribution in [0.15, 0.2) is 53.9 Å². The van der Waals surface area contributed by atoms with E-state index in [2.05, 4.69) is 20.4 Å². The van der Waals surface area contributed by atoms with Crippen LogP contribution < -0.4 is 15.4 Å². The van der Waals surface area contributed by atoms with E-state index in [0.717, 1.165) is 28.4 Å². The molecular weight excluding hydrogens is 457 g/mol. The second-order valence-corrected chi connectivity index (χ2v) is 8.24. The summed E-state index contributed by atoms with van der Waals surface area (Å²) in [5, 5.41) is 8.25. The zero-order valence-electron chi connectivity index (χ0n) is 17.8. The van der Waals surface area contributed by atoms with Gasteiger partial charge in [-0.2, -0.15) is 0 Å². The summed E-state index contributed by atoms with van der Waals surface area (Å²) in [6.45, 7) is 1.79. The van der Waals surface area contributed by atoms with Gasteiger partial charge in [-0.1, -0.05) is 12.1 Å². The molecule has 0 spiro atoms. The molecule has 0 bridgehead atoms. The summed E-state index contributed by atoms with van der Waals surface area (Å²) < 4.78 is 40.4. The quantitative estimate of drug-likeness (QED) is 0.497. The fourth-order valence-electron chi connectivity index (χ4n) is 2.94. The molecule has 1 heterocycles. The second kappa shape index (κ2) is 10.5. The highest BCUT2D eigenvalue weighted by Gasteiger charge is 2.31. The first kappa shape index (κ1) is 24.2. The molecule has 0 aliphatic heterocycles. The number of hydrogen-bond acceptors (Lipinski definition) is 6. The Morgan fingerprint density at radius 1 is 1.03 bits per heavy atom. The topological polar surface area (TPSA) is 83.6 Å². The molecule has 2 aromatic carbocycles. The van der Waals surface area contributed by atoms with E-state index in [1.54, 1.807) is 24.5 Å². The molecule has 0 radical (unpaired) electrons. The first-order valence-electron chi connectivity index (χ1n) is 9.74. The third-order valence-corrected chi connectivity index (χ3v) is 5.03. The van der Waals surface area contributed by atoms with Gasteiger partial charge in [0, 0.05) is 22.3 Å². The fraction of sp³-hybridized carbons (Fsp3) is 0.227. The monoisotopic (exact) mass is 478 g/mol. The third kappa shape index (κ3) is 7.88. The van der Waals surface area contributed by atoms with Crippen molar-refractivity contribution in [3.8, 4) is 17.0 Å². The zero-order chi connectivity index (χ0) is 24.0. The van der Waals surface area contributed by atoms with Crippen LogP contribution in [0.1, 0.15) is 5.01 Å². The number of rotatable bonds is 8.